The lowest BCUT2D eigenvalue weighted by molar-refractivity contribution is 0.243. The van der Waals surface area contributed by atoms with E-state index in [0.717, 1.165) is 11.1 Å². The third-order valence-corrected chi connectivity index (χ3v) is 7.32. The summed E-state index contributed by atoms with van der Waals surface area (Å²) in [5.74, 6) is -0.595. The number of aliphatic hydroxyl groups excluding tert-OH is 1. The van der Waals surface area contributed by atoms with Crippen LogP contribution in [0.5, 0.6) is 5.75 Å². The van der Waals surface area contributed by atoms with E-state index >= 15 is 0 Å². The Kier molecular flexibility index (Phi) is 3.19. The first-order valence-corrected chi connectivity index (χ1v) is 9.47. The van der Waals surface area contributed by atoms with E-state index < -0.39 is 13.2 Å². The van der Waals surface area contributed by atoms with Crippen LogP contribution in [-0.2, 0) is 4.57 Å². The zero-order valence-electron chi connectivity index (χ0n) is 11.5. The molecule has 2 aromatic carbocycles. The number of hydrogen-bond donors (Lipinski definition) is 1. The minimum absolute atomic E-state index is 0.556. The summed E-state index contributed by atoms with van der Waals surface area (Å²) in [6, 6.07) is 18.5. The van der Waals surface area contributed by atoms with Gasteiger partial charge >= 0.3 is 7.37 Å². The summed E-state index contributed by atoms with van der Waals surface area (Å²) in [6.07, 6.45) is 0. The Morgan fingerprint density at radius 2 is 1.68 bits per heavy atom. The molecular weight excluding hydrogens is 315 g/mol. The number of benzene rings is 2. The van der Waals surface area contributed by atoms with Gasteiger partial charge in [-0.2, -0.15) is 0 Å². The molecule has 2 heterocycles. The molecule has 0 amide bonds. The minimum Gasteiger partial charge on any atom is -0.437 e. The largest absolute Gasteiger partial charge is 0.437 e. The zero-order valence-corrected chi connectivity index (χ0v) is 13.3. The molecule has 0 aliphatic carbocycles. The molecule has 110 valence electrons. The topological polar surface area (TPSA) is 46.5 Å². The Morgan fingerprint density at radius 1 is 0.955 bits per heavy atom. The average molecular weight is 328 g/mol. The third kappa shape index (κ3) is 1.96. The molecule has 0 spiro atoms. The molecule has 4 rings (SSSR count). The second-order valence-electron chi connectivity index (χ2n) is 5.09. The number of fused-ring (bicyclic) bond motifs is 3. The van der Waals surface area contributed by atoms with Gasteiger partial charge in [0.15, 0.2) is 5.85 Å². The molecule has 2 unspecified atom stereocenters. The Labute approximate surface area is 132 Å². The minimum atomic E-state index is -3.45. The standard InChI is InChI=1S/C17H13O3PS/c18-17(16-10-5-11-22-16)21(19)15-9-4-2-7-13(15)12-6-1-3-8-14(12)20-21/h1-11,17-18H. The Hall–Kier alpha value is -1.87. The van der Waals surface area contributed by atoms with Crippen molar-refractivity contribution in [2.24, 2.45) is 0 Å². The fourth-order valence-electron chi connectivity index (χ4n) is 2.72. The molecule has 22 heavy (non-hydrogen) atoms. The van der Waals surface area contributed by atoms with E-state index in [1.165, 1.54) is 11.3 Å². The van der Waals surface area contributed by atoms with E-state index in [9.17, 15) is 9.67 Å². The summed E-state index contributed by atoms with van der Waals surface area (Å²) in [5.41, 5.74) is 1.77. The number of hydrogen-bond acceptors (Lipinski definition) is 4. The molecule has 2 atom stereocenters. The first kappa shape index (κ1) is 13.8. The normalized spacial score (nSPS) is 20.6. The maximum absolute atomic E-state index is 13.6. The summed E-state index contributed by atoms with van der Waals surface area (Å²) in [5, 5.41) is 13.1. The van der Waals surface area contributed by atoms with Gasteiger partial charge in [0, 0.05) is 10.4 Å². The van der Waals surface area contributed by atoms with Crippen molar-refractivity contribution in [1.82, 2.24) is 0 Å². The van der Waals surface area contributed by atoms with E-state index in [-0.39, 0.29) is 0 Å². The van der Waals surface area contributed by atoms with Crippen LogP contribution in [0.4, 0.5) is 0 Å². The van der Waals surface area contributed by atoms with E-state index in [0.29, 0.717) is 15.9 Å². The third-order valence-electron chi connectivity index (χ3n) is 3.77. The van der Waals surface area contributed by atoms with Gasteiger partial charge in [-0.05, 0) is 29.1 Å². The van der Waals surface area contributed by atoms with Gasteiger partial charge in [-0.15, -0.1) is 11.3 Å². The highest BCUT2D eigenvalue weighted by Crippen LogP contribution is 2.62. The van der Waals surface area contributed by atoms with Crippen molar-refractivity contribution in [2.45, 2.75) is 5.85 Å². The maximum atomic E-state index is 13.6. The van der Waals surface area contributed by atoms with Gasteiger partial charge in [-0.25, -0.2) is 0 Å². The molecule has 3 nitrogen and oxygen atoms in total. The molecule has 1 aliphatic heterocycles. The summed E-state index contributed by atoms with van der Waals surface area (Å²) >= 11 is 1.38. The average Bonchev–Trinajstić information content (AvgIpc) is 3.09. The first-order valence-electron chi connectivity index (χ1n) is 6.90. The lowest BCUT2D eigenvalue weighted by atomic mass is 10.0. The van der Waals surface area contributed by atoms with Crippen molar-refractivity contribution in [3.8, 4) is 16.9 Å². The van der Waals surface area contributed by atoms with Crippen molar-refractivity contribution in [1.29, 1.82) is 0 Å². The SMILES string of the molecule is O=P1(C(O)c2cccs2)Oc2ccccc2-c2ccccc21. The molecule has 0 saturated carbocycles. The lowest BCUT2D eigenvalue weighted by Crippen LogP contribution is -2.21. The van der Waals surface area contributed by atoms with Crippen molar-refractivity contribution in [3.05, 3.63) is 70.9 Å². The van der Waals surface area contributed by atoms with Crippen molar-refractivity contribution < 1.29 is 14.2 Å². The van der Waals surface area contributed by atoms with Crippen LogP contribution >= 0.6 is 18.7 Å². The molecule has 3 aromatic rings. The first-order chi connectivity index (χ1) is 10.7. The van der Waals surface area contributed by atoms with Gasteiger partial charge in [-0.3, -0.25) is 4.57 Å². The van der Waals surface area contributed by atoms with Crippen LogP contribution in [0.2, 0.25) is 0 Å². The molecule has 0 fully saturated rings. The second kappa shape index (κ2) is 5.10. The molecule has 0 bridgehead atoms. The summed E-state index contributed by atoms with van der Waals surface area (Å²) in [6.45, 7) is 0. The molecular formula is C17H13O3PS. The molecule has 1 aromatic heterocycles. The lowest BCUT2D eigenvalue weighted by Gasteiger charge is -2.31. The predicted octanol–water partition coefficient (Wildman–Crippen LogP) is 4.40. The predicted molar refractivity (Wildman–Crippen MR) is 89.0 cm³/mol. The van der Waals surface area contributed by atoms with E-state index in [1.807, 2.05) is 47.8 Å². The van der Waals surface area contributed by atoms with Crippen LogP contribution in [-0.4, -0.2) is 5.11 Å². The maximum Gasteiger partial charge on any atom is 0.310 e. The fourth-order valence-corrected chi connectivity index (χ4v) is 6.08. The van der Waals surface area contributed by atoms with Gasteiger partial charge < -0.3 is 9.63 Å². The zero-order chi connectivity index (χ0) is 15.2. The highest BCUT2D eigenvalue weighted by atomic mass is 32.1. The van der Waals surface area contributed by atoms with Crippen LogP contribution in [0, 0.1) is 0 Å². The van der Waals surface area contributed by atoms with Gasteiger partial charge in [0.25, 0.3) is 0 Å². The smallest absolute Gasteiger partial charge is 0.310 e. The highest BCUT2D eigenvalue weighted by Gasteiger charge is 2.43. The molecule has 1 aliphatic rings. The van der Waals surface area contributed by atoms with E-state index in [2.05, 4.69) is 0 Å². The van der Waals surface area contributed by atoms with Crippen molar-refractivity contribution >= 4 is 24.0 Å². The van der Waals surface area contributed by atoms with Crippen LogP contribution < -0.4 is 9.83 Å². The van der Waals surface area contributed by atoms with Gasteiger partial charge in [0.2, 0.25) is 0 Å². The van der Waals surface area contributed by atoms with Gasteiger partial charge in [-0.1, -0.05) is 42.5 Å². The Bertz CT molecular complexity index is 873. The van der Waals surface area contributed by atoms with Crippen LogP contribution in [0.25, 0.3) is 11.1 Å². The van der Waals surface area contributed by atoms with Crippen LogP contribution in [0.1, 0.15) is 10.7 Å². The summed E-state index contributed by atoms with van der Waals surface area (Å²) < 4.78 is 19.4. The monoisotopic (exact) mass is 328 g/mol. The Morgan fingerprint density at radius 3 is 2.45 bits per heavy atom. The number of aliphatic hydroxyl groups is 1. The van der Waals surface area contributed by atoms with E-state index in [1.54, 1.807) is 18.2 Å². The van der Waals surface area contributed by atoms with Crippen molar-refractivity contribution in [3.63, 3.8) is 0 Å². The highest BCUT2D eigenvalue weighted by molar-refractivity contribution is 7.68. The van der Waals surface area contributed by atoms with Gasteiger partial charge in [0.05, 0.1) is 5.30 Å². The van der Waals surface area contributed by atoms with E-state index in [4.69, 9.17) is 4.52 Å². The molecule has 0 radical (unpaired) electrons. The molecule has 1 N–H and O–H groups in total. The number of thiophene rings is 1. The summed E-state index contributed by atoms with van der Waals surface area (Å²) in [7, 11) is -3.45. The number of para-hydroxylation sites is 1. The summed E-state index contributed by atoms with van der Waals surface area (Å²) in [4.78, 5) is 0.650. The van der Waals surface area contributed by atoms with Gasteiger partial charge in [0.1, 0.15) is 5.75 Å². The van der Waals surface area contributed by atoms with Crippen LogP contribution in [0.3, 0.4) is 0 Å². The van der Waals surface area contributed by atoms with Crippen LogP contribution in [0.15, 0.2) is 66.0 Å². The number of rotatable bonds is 2. The van der Waals surface area contributed by atoms with Crippen molar-refractivity contribution in [2.75, 3.05) is 0 Å². The quantitative estimate of drug-likeness (QED) is 0.709. The second-order valence-corrected chi connectivity index (χ2v) is 8.42. The fraction of sp³-hybridized carbons (Fsp3) is 0.0588. The Balaban J connectivity index is 1.94. The molecule has 0 saturated heterocycles. The molecule has 5 heteroatoms.